The fraction of sp³-hybridized carbons (Fsp3) is 0.0882. The molecule has 704 valence electrons. The van der Waals surface area contributed by atoms with E-state index in [0.29, 0.717) is 0 Å². The van der Waals surface area contributed by atoms with E-state index >= 15 is 0 Å². The van der Waals surface area contributed by atoms with E-state index in [1.54, 1.807) is 0 Å². The van der Waals surface area contributed by atoms with Crippen LogP contribution in [0, 0.1) is 27.7 Å². The first-order valence-corrected chi connectivity index (χ1v) is 50.7. The second-order valence-corrected chi connectivity index (χ2v) is 41.3. The summed E-state index contributed by atoms with van der Waals surface area (Å²) in [4.78, 5) is 64.6. The van der Waals surface area contributed by atoms with Crippen molar-refractivity contribution in [3.8, 4) is 46.0 Å². The number of nitrogens with zero attached hydrogens (tertiary/aromatic N) is 4. The van der Waals surface area contributed by atoms with Crippen molar-refractivity contribution in [2.45, 2.75) is 75.5 Å². The Labute approximate surface area is 856 Å². The highest BCUT2D eigenvalue weighted by atomic mass is 16.5. The molecule has 8 aliphatic heterocycles. The van der Waals surface area contributed by atoms with E-state index < -0.39 is 21.7 Å². The number of fused-ring (bicyclic) bond motifs is 40. The summed E-state index contributed by atoms with van der Waals surface area (Å²) in [5.74, 6) is 7.07. The van der Waals surface area contributed by atoms with Crippen LogP contribution in [0.2, 0.25) is 0 Å². The van der Waals surface area contributed by atoms with Gasteiger partial charge in [-0.25, -0.2) is 0 Å². The van der Waals surface area contributed by atoms with Crippen molar-refractivity contribution in [2.75, 3.05) is 19.6 Å². The third-order valence-electron chi connectivity index (χ3n) is 32.8. The SMILES string of the molecule is CC(C)(C)c1ccc2c(c1)C1(c3ccccc3C(=O)c3ccccc31)c1cccc3c1N2c1ccccc1O3.Cc1ccc2c(c1)N1c3ccccc3C3(c4ccccc4C(=O)c4ccccc43)c3c(C)ccc(c31)O2.Cc1cccc2c1Oc1c(C)ccc3c1N2c1ccccc1C31c2ccccc2C(=O)c2ccccc21.O=C1c2ccccc2C2(c3ccccc31)c1ccccc1N1c3ccccc3Oc3cccc2c31. The largest absolute Gasteiger partial charge is 0.453 e. The lowest BCUT2D eigenvalue weighted by Crippen LogP contribution is -2.43. The van der Waals surface area contributed by atoms with Gasteiger partial charge in [-0.1, -0.05) is 367 Å². The number of aryl methyl sites for hydroxylation is 4. The van der Waals surface area contributed by atoms with Crippen molar-refractivity contribution in [1.82, 2.24) is 0 Å². The minimum Gasteiger partial charge on any atom is -0.453 e. The Hall–Kier alpha value is -18.5. The molecule has 0 radical (unpaired) electrons. The third kappa shape index (κ3) is 11.3. The second-order valence-electron chi connectivity index (χ2n) is 41.3. The van der Waals surface area contributed by atoms with E-state index in [9.17, 15) is 19.2 Å². The Balaban J connectivity index is 0.0000000931. The number of ether oxygens (including phenoxy) is 4. The minimum absolute atomic E-state index is 0.0508. The minimum atomic E-state index is -0.685. The lowest BCUT2D eigenvalue weighted by molar-refractivity contribution is 0.102. The van der Waals surface area contributed by atoms with Gasteiger partial charge in [-0.15, -0.1) is 0 Å². The number of hydrogen-bond acceptors (Lipinski definition) is 12. The highest BCUT2D eigenvalue weighted by Gasteiger charge is 2.60. The number of rotatable bonds is 0. The molecule has 0 fully saturated rings. The first kappa shape index (κ1) is 86.2. The first-order chi connectivity index (χ1) is 72.4. The average Bonchev–Trinajstić information content (AvgIpc) is 0.681. The Morgan fingerprint density at radius 2 is 0.486 bits per heavy atom. The molecular formula is C136H92N4O8. The molecule has 148 heavy (non-hydrogen) atoms. The van der Waals surface area contributed by atoms with Crippen LogP contribution in [0.5, 0.6) is 46.0 Å². The smallest absolute Gasteiger partial charge is 0.193 e. The zero-order valence-electron chi connectivity index (χ0n) is 82.0. The zero-order chi connectivity index (χ0) is 99.4. The van der Waals surface area contributed by atoms with Gasteiger partial charge in [0.05, 0.1) is 89.9 Å². The van der Waals surface area contributed by atoms with Gasteiger partial charge >= 0.3 is 0 Å². The van der Waals surface area contributed by atoms with Crippen LogP contribution in [0.25, 0.3) is 0 Å². The average molecular weight is 1910 g/mol. The molecule has 0 bridgehead atoms. The maximum absolute atomic E-state index is 13.9. The van der Waals surface area contributed by atoms with Gasteiger partial charge < -0.3 is 38.5 Å². The van der Waals surface area contributed by atoms with Gasteiger partial charge in [0.1, 0.15) is 0 Å². The molecule has 0 saturated heterocycles. The Morgan fingerprint density at radius 3 is 0.912 bits per heavy atom. The topological polar surface area (TPSA) is 118 Å². The lowest BCUT2D eigenvalue weighted by atomic mass is 9.56. The van der Waals surface area contributed by atoms with Crippen LogP contribution in [0.15, 0.2) is 431 Å². The molecule has 12 heteroatoms. The zero-order valence-corrected chi connectivity index (χ0v) is 82.0. The van der Waals surface area contributed by atoms with Crippen molar-refractivity contribution in [3.63, 3.8) is 0 Å². The molecule has 0 aromatic heterocycles. The highest BCUT2D eigenvalue weighted by molar-refractivity contribution is 6.19. The molecule has 12 nitrogen and oxygen atoms in total. The Kier molecular flexibility index (Phi) is 18.3. The van der Waals surface area contributed by atoms with Gasteiger partial charge in [0.2, 0.25) is 0 Å². The van der Waals surface area contributed by atoms with E-state index in [4.69, 9.17) is 18.9 Å². The van der Waals surface area contributed by atoms with Crippen LogP contribution in [0.4, 0.5) is 68.2 Å². The number of anilines is 12. The van der Waals surface area contributed by atoms with E-state index in [1.165, 1.54) is 33.4 Å². The number of carbonyl (C=O) groups is 4. The van der Waals surface area contributed by atoms with Gasteiger partial charge in [-0.05, 0) is 229 Å². The number of benzene rings is 20. The van der Waals surface area contributed by atoms with E-state index in [0.717, 1.165) is 242 Å². The highest BCUT2D eigenvalue weighted by Crippen LogP contribution is 2.72. The van der Waals surface area contributed by atoms with E-state index in [2.05, 4.69) is 341 Å². The fourth-order valence-electron chi connectivity index (χ4n) is 26.8. The van der Waals surface area contributed by atoms with Crippen LogP contribution in [-0.4, -0.2) is 23.1 Å². The van der Waals surface area contributed by atoms with Crippen LogP contribution >= 0.6 is 0 Å². The van der Waals surface area contributed by atoms with Crippen molar-refractivity contribution >= 4 is 91.4 Å². The van der Waals surface area contributed by atoms with Crippen LogP contribution in [-0.2, 0) is 27.1 Å². The van der Waals surface area contributed by atoms with Gasteiger partial charge in [-0.3, -0.25) is 19.2 Å². The summed E-state index contributed by atoms with van der Waals surface area (Å²) in [6, 6.07) is 148. The molecule has 0 saturated carbocycles. The molecule has 0 atom stereocenters. The number of carbonyl (C=O) groups excluding carboxylic acids is 4. The van der Waals surface area contributed by atoms with Crippen molar-refractivity contribution in [3.05, 3.63) is 592 Å². The van der Waals surface area contributed by atoms with E-state index in [1.807, 2.05) is 158 Å². The normalized spacial score (nSPS) is 15.3. The van der Waals surface area contributed by atoms with Crippen LogP contribution in [0.3, 0.4) is 0 Å². The molecular weight excluding hydrogens is 1820 g/mol. The van der Waals surface area contributed by atoms with Gasteiger partial charge in [0, 0.05) is 50.1 Å². The molecule has 0 unspecified atom stereocenters. The first-order valence-electron chi connectivity index (χ1n) is 50.7. The number of hydrogen-bond donors (Lipinski definition) is 0. The summed E-state index contributed by atoms with van der Waals surface area (Å²) in [6.07, 6.45) is 0. The van der Waals surface area contributed by atoms with E-state index in [-0.39, 0.29) is 28.5 Å². The molecule has 32 rings (SSSR count). The maximum atomic E-state index is 13.9. The predicted molar refractivity (Wildman–Crippen MR) is 584 cm³/mol. The molecule has 8 heterocycles. The van der Waals surface area contributed by atoms with Crippen molar-refractivity contribution < 1.29 is 38.1 Å². The van der Waals surface area contributed by atoms with Crippen LogP contribution in [0.1, 0.15) is 201 Å². The summed E-state index contributed by atoms with van der Waals surface area (Å²) in [5, 5.41) is 0. The second kappa shape index (κ2) is 31.5. The lowest BCUT2D eigenvalue weighted by Gasteiger charge is -2.50. The molecule has 0 amide bonds. The molecule has 0 N–H and O–H groups in total. The monoisotopic (exact) mass is 1910 g/mol. The Morgan fingerprint density at radius 1 is 0.196 bits per heavy atom. The number of ketones is 4. The van der Waals surface area contributed by atoms with Gasteiger partial charge in [0.25, 0.3) is 0 Å². The fourth-order valence-corrected chi connectivity index (χ4v) is 26.8. The van der Waals surface area contributed by atoms with Gasteiger partial charge in [-0.2, -0.15) is 0 Å². The molecule has 20 aromatic carbocycles. The summed E-state index contributed by atoms with van der Waals surface area (Å²) in [7, 11) is 0. The Bertz CT molecular complexity index is 9120. The quantitative estimate of drug-likeness (QED) is 0.144. The van der Waals surface area contributed by atoms with Crippen molar-refractivity contribution in [1.29, 1.82) is 0 Å². The molecule has 4 aliphatic carbocycles. The standard InChI is InChI=1S/C36H27NO2.2C34H23NO2.C32H19NO2/c1-35(2,3)22-19-20-29-28(21-22)36(25-13-6-4-11-23(25)34(38)24-12-5-7-14-26(24)36)27-15-10-18-32-33(27)37(29)30-16-8-9-17-31(30)39-32;1-20-10-9-17-29-32(20)37-33-21(2)18-19-27-30(33)35(29)28-16-8-7-15-26(28)34(27)24-13-5-3-11-22(24)31(36)23-12-4-6-14-25(23)34;1-20-15-17-29-28(19-20)35-27-14-8-7-13-26(27)34(31-21(2)16-18-30(37-29)32(31)35)24-11-5-3-9-22(24)33(36)23-10-4-6-12-25(23)34;34-31-20-10-1-3-12-22(20)32(23-13-4-2-11-21(23)31)24-14-5-6-16-26(24)33-27-17-7-8-18-28(27)35-29-19-9-15-25(32)30(29)33/h4-21H,1-3H3;2*3-19H,1-2H3;1-19H. The summed E-state index contributed by atoms with van der Waals surface area (Å²) in [5.41, 5.74) is 39.2. The predicted octanol–water partition coefficient (Wildman–Crippen LogP) is 32.5. The van der Waals surface area contributed by atoms with Crippen LogP contribution < -0.4 is 38.5 Å². The summed E-state index contributed by atoms with van der Waals surface area (Å²) in [6.45, 7) is 15.3. The molecule has 12 aliphatic rings. The van der Waals surface area contributed by atoms with Gasteiger partial charge in [0.15, 0.2) is 69.1 Å². The van der Waals surface area contributed by atoms with Crippen molar-refractivity contribution in [2.24, 2.45) is 0 Å². The number of para-hydroxylation sites is 10. The summed E-state index contributed by atoms with van der Waals surface area (Å²) >= 11 is 0. The third-order valence-corrected chi connectivity index (χ3v) is 32.8. The summed E-state index contributed by atoms with van der Waals surface area (Å²) < 4.78 is 26.3. The molecule has 4 spiro atoms. The maximum Gasteiger partial charge on any atom is 0.193 e. The molecule has 20 aromatic rings.